The van der Waals surface area contributed by atoms with Crippen LogP contribution in [0.15, 0.2) is 0 Å². The van der Waals surface area contributed by atoms with E-state index in [0.29, 0.717) is 0 Å². The number of alkyl halides is 8. The van der Waals surface area contributed by atoms with Crippen molar-refractivity contribution in [1.29, 1.82) is 0 Å². The van der Waals surface area contributed by atoms with Crippen LogP contribution in [0.25, 0.3) is 0 Å². The molecule has 0 aliphatic heterocycles. The van der Waals surface area contributed by atoms with E-state index in [2.05, 4.69) is 0 Å². The second-order valence-electron chi connectivity index (χ2n) is 4.28. The summed E-state index contributed by atoms with van der Waals surface area (Å²) in [5, 5.41) is -6.88. The minimum Gasteiger partial charge on any atom is -0.743 e. The van der Waals surface area contributed by atoms with Crippen molar-refractivity contribution in [3.05, 3.63) is 0 Å². The van der Waals surface area contributed by atoms with Gasteiger partial charge in [-0.25, -0.2) is 8.42 Å². The molecule has 128 valence electrons. The van der Waals surface area contributed by atoms with Crippen LogP contribution in [-0.2, 0) is 10.1 Å². The standard InChI is InChI=1S/C9H12F8O3S.Na/c1-2-3-4-5-6(10,11)7(12,13)8(14,15)9(16,17)21(18,19)20;/h2-5H2,1H3,(H,18,19,20);/q;+1/p-1. The molecule has 0 N–H and O–H groups in total. The van der Waals surface area contributed by atoms with Crippen molar-refractivity contribution in [2.24, 2.45) is 0 Å². The Balaban J connectivity index is 0. The number of hydrogen-bond acceptors (Lipinski definition) is 3. The van der Waals surface area contributed by atoms with Crippen molar-refractivity contribution in [3.8, 4) is 0 Å². The van der Waals surface area contributed by atoms with E-state index in [1.807, 2.05) is 0 Å². The minimum atomic E-state index is -7.28. The largest absolute Gasteiger partial charge is 1.00 e. The van der Waals surface area contributed by atoms with Crippen molar-refractivity contribution in [3.63, 3.8) is 0 Å². The predicted molar refractivity (Wildman–Crippen MR) is 53.6 cm³/mol. The Morgan fingerprint density at radius 2 is 1.27 bits per heavy atom. The van der Waals surface area contributed by atoms with E-state index in [4.69, 9.17) is 0 Å². The molecule has 0 unspecified atom stereocenters. The van der Waals surface area contributed by atoms with Crippen LogP contribution in [0.4, 0.5) is 35.1 Å². The summed E-state index contributed by atoms with van der Waals surface area (Å²) in [6, 6.07) is 0. The van der Waals surface area contributed by atoms with Gasteiger partial charge in [0.15, 0.2) is 10.1 Å². The first kappa shape index (κ1) is 24.6. The van der Waals surface area contributed by atoms with E-state index in [9.17, 15) is 48.1 Å². The summed E-state index contributed by atoms with van der Waals surface area (Å²) in [7, 11) is -7.28. The van der Waals surface area contributed by atoms with Gasteiger partial charge in [0, 0.05) is 6.42 Å². The second-order valence-corrected chi connectivity index (χ2v) is 5.70. The maximum absolute atomic E-state index is 13.1. The third-order valence-electron chi connectivity index (χ3n) is 2.63. The van der Waals surface area contributed by atoms with Crippen LogP contribution >= 0.6 is 0 Å². The van der Waals surface area contributed by atoms with Gasteiger partial charge >= 0.3 is 52.6 Å². The summed E-state index contributed by atoms with van der Waals surface area (Å²) in [6.07, 6.45) is -2.35. The van der Waals surface area contributed by atoms with Gasteiger partial charge in [0.25, 0.3) is 0 Å². The third-order valence-corrected chi connectivity index (χ3v) is 3.51. The molecule has 22 heavy (non-hydrogen) atoms. The Hall–Kier alpha value is 0.350. The van der Waals surface area contributed by atoms with Crippen LogP contribution in [0.2, 0.25) is 0 Å². The number of rotatable bonds is 8. The van der Waals surface area contributed by atoms with Crippen molar-refractivity contribution >= 4 is 10.1 Å². The zero-order valence-electron chi connectivity index (χ0n) is 11.5. The summed E-state index contributed by atoms with van der Waals surface area (Å²) in [6.45, 7) is 1.48. The van der Waals surface area contributed by atoms with E-state index in [1.165, 1.54) is 6.92 Å². The Bertz CT molecular complexity index is 465. The molecule has 0 aliphatic carbocycles. The fraction of sp³-hybridized carbons (Fsp3) is 1.00. The summed E-state index contributed by atoms with van der Waals surface area (Å²) >= 11 is 0. The van der Waals surface area contributed by atoms with Crippen LogP contribution < -0.4 is 29.6 Å². The molecule has 0 bridgehead atoms. The van der Waals surface area contributed by atoms with Crippen LogP contribution in [0, 0.1) is 0 Å². The van der Waals surface area contributed by atoms with E-state index < -0.39 is 46.0 Å². The Morgan fingerprint density at radius 1 is 0.864 bits per heavy atom. The van der Waals surface area contributed by atoms with Crippen LogP contribution in [0.1, 0.15) is 32.6 Å². The second kappa shape index (κ2) is 7.49. The molecule has 3 nitrogen and oxygen atoms in total. The molecule has 0 aromatic rings. The zero-order chi connectivity index (χ0) is 17.3. The van der Waals surface area contributed by atoms with E-state index in [0.717, 1.165) is 0 Å². The number of halogens is 8. The minimum absolute atomic E-state index is 0. The molecule has 0 fully saturated rings. The van der Waals surface area contributed by atoms with Gasteiger partial charge in [0.05, 0.1) is 0 Å². The molecular formula is C9H11F8NaO3S. The van der Waals surface area contributed by atoms with Crippen molar-refractivity contribution < 1.29 is 77.7 Å². The fourth-order valence-corrected chi connectivity index (χ4v) is 1.77. The van der Waals surface area contributed by atoms with Crippen molar-refractivity contribution in [1.82, 2.24) is 0 Å². The van der Waals surface area contributed by atoms with Gasteiger partial charge in [0.2, 0.25) is 0 Å². The van der Waals surface area contributed by atoms with Gasteiger partial charge in [0.1, 0.15) is 0 Å². The zero-order valence-corrected chi connectivity index (χ0v) is 14.3. The average Bonchev–Trinajstić information content (AvgIpc) is 2.26. The molecule has 0 aromatic heterocycles. The van der Waals surface area contributed by atoms with E-state index in [1.54, 1.807) is 0 Å². The third kappa shape index (κ3) is 4.25. The van der Waals surface area contributed by atoms with Gasteiger partial charge in [-0.05, 0) is 6.42 Å². The predicted octanol–water partition coefficient (Wildman–Crippen LogP) is 0.615. The molecule has 0 heterocycles. The molecular weight excluding hydrogens is 363 g/mol. The first-order valence-corrected chi connectivity index (χ1v) is 6.93. The van der Waals surface area contributed by atoms with E-state index >= 15 is 0 Å². The Morgan fingerprint density at radius 3 is 1.59 bits per heavy atom. The maximum atomic E-state index is 13.1. The molecule has 0 rings (SSSR count). The summed E-state index contributed by atoms with van der Waals surface area (Å²) in [5.41, 5.74) is 0. The molecule has 0 radical (unpaired) electrons. The summed E-state index contributed by atoms with van der Waals surface area (Å²) in [5.74, 6) is -19.4. The van der Waals surface area contributed by atoms with Gasteiger partial charge in [-0.15, -0.1) is 0 Å². The Labute approximate surface area is 143 Å². The smallest absolute Gasteiger partial charge is 0.743 e. The monoisotopic (exact) mass is 374 g/mol. The van der Waals surface area contributed by atoms with Crippen molar-refractivity contribution in [2.75, 3.05) is 0 Å². The van der Waals surface area contributed by atoms with Crippen LogP contribution in [-0.4, -0.2) is 36.0 Å². The van der Waals surface area contributed by atoms with Gasteiger partial charge in [-0.2, -0.15) is 35.1 Å². The van der Waals surface area contributed by atoms with Gasteiger partial charge < -0.3 is 4.55 Å². The molecule has 13 heteroatoms. The SMILES string of the molecule is CCCCCC(F)(F)C(F)(F)C(F)(F)C(F)(F)S(=O)(=O)[O-].[Na+]. The topological polar surface area (TPSA) is 57.2 Å². The summed E-state index contributed by atoms with van der Waals surface area (Å²) < 4.78 is 133. The number of hydrogen-bond donors (Lipinski definition) is 0. The quantitative estimate of drug-likeness (QED) is 0.271. The number of unbranched alkanes of at least 4 members (excludes halogenated alkanes) is 2. The first-order valence-electron chi connectivity index (χ1n) is 5.53. The van der Waals surface area contributed by atoms with Crippen molar-refractivity contribution in [2.45, 2.75) is 55.6 Å². The normalized spacial score (nSPS) is 14.6. The van der Waals surface area contributed by atoms with Gasteiger partial charge in [-0.1, -0.05) is 19.8 Å². The molecule has 0 atom stereocenters. The maximum Gasteiger partial charge on any atom is 1.00 e. The molecule has 0 amide bonds. The van der Waals surface area contributed by atoms with E-state index in [-0.39, 0.29) is 42.4 Å². The Kier molecular flexibility index (Phi) is 8.38. The molecule has 0 aromatic carbocycles. The molecule has 0 saturated heterocycles. The van der Waals surface area contributed by atoms with Crippen LogP contribution in [0.5, 0.6) is 0 Å². The average molecular weight is 374 g/mol. The van der Waals surface area contributed by atoms with Crippen LogP contribution in [0.3, 0.4) is 0 Å². The van der Waals surface area contributed by atoms with Gasteiger partial charge in [-0.3, -0.25) is 0 Å². The fourth-order valence-electron chi connectivity index (χ4n) is 1.32. The molecule has 0 spiro atoms. The summed E-state index contributed by atoms with van der Waals surface area (Å²) in [4.78, 5) is 0. The molecule has 0 saturated carbocycles. The molecule has 0 aliphatic rings. The first-order chi connectivity index (χ1) is 9.06.